The lowest BCUT2D eigenvalue weighted by Crippen LogP contribution is -2.20. The van der Waals surface area contributed by atoms with Gasteiger partial charge in [-0.25, -0.2) is 9.82 Å². The number of hydrogen-bond donors (Lipinski definition) is 2. The summed E-state index contributed by atoms with van der Waals surface area (Å²) in [5, 5.41) is 6.60. The summed E-state index contributed by atoms with van der Waals surface area (Å²) in [5.41, 5.74) is 6.89. The summed E-state index contributed by atoms with van der Waals surface area (Å²) in [6, 6.07) is 27.4. The molecule has 0 spiro atoms. The molecule has 218 valence electrons. The summed E-state index contributed by atoms with van der Waals surface area (Å²) in [5.74, 6) is 0.394. The maximum Gasteiger partial charge on any atom is 0.307 e. The van der Waals surface area contributed by atoms with E-state index in [0.29, 0.717) is 28.5 Å². The van der Waals surface area contributed by atoms with Crippen molar-refractivity contribution in [2.24, 2.45) is 5.10 Å². The average Bonchev–Trinajstić information content (AvgIpc) is 3.62. The van der Waals surface area contributed by atoms with Gasteiger partial charge in [0.15, 0.2) is 12.4 Å². The predicted molar refractivity (Wildman–Crippen MR) is 160 cm³/mol. The second-order valence-corrected chi connectivity index (χ2v) is 9.62. The molecule has 0 unspecified atom stereocenters. The Hall–Kier alpha value is -5.64. The quantitative estimate of drug-likeness (QED) is 0.143. The second-order valence-electron chi connectivity index (χ2n) is 9.62. The highest BCUT2D eigenvalue weighted by molar-refractivity contribution is 5.93. The molecule has 0 aliphatic heterocycles. The highest BCUT2D eigenvalue weighted by atomic mass is 19.1. The number of aryl methyl sites for hydroxylation is 2. The normalized spacial score (nSPS) is 11.0. The molecule has 0 aliphatic carbocycles. The highest BCUT2D eigenvalue weighted by Gasteiger charge is 2.11. The van der Waals surface area contributed by atoms with E-state index >= 15 is 0 Å². The fraction of sp³-hybridized carbons (Fsp3) is 0.121. The Morgan fingerprint density at radius 3 is 2.37 bits per heavy atom. The zero-order valence-electron chi connectivity index (χ0n) is 23.5. The molecule has 0 atom stereocenters. The van der Waals surface area contributed by atoms with Crippen molar-refractivity contribution in [2.75, 3.05) is 11.9 Å². The van der Waals surface area contributed by atoms with Crippen molar-refractivity contribution in [3.8, 4) is 17.2 Å². The molecule has 0 saturated heterocycles. The fourth-order valence-electron chi connectivity index (χ4n) is 4.28. The third-order valence-corrected chi connectivity index (χ3v) is 6.37. The van der Waals surface area contributed by atoms with Crippen molar-refractivity contribution in [3.63, 3.8) is 0 Å². The van der Waals surface area contributed by atoms with Gasteiger partial charge in [0.1, 0.15) is 29.7 Å². The fourth-order valence-corrected chi connectivity index (χ4v) is 4.28. The van der Waals surface area contributed by atoms with E-state index in [1.165, 1.54) is 30.5 Å². The molecule has 2 heterocycles. The molecule has 9 nitrogen and oxygen atoms in total. The van der Waals surface area contributed by atoms with E-state index in [1.807, 2.05) is 24.3 Å². The van der Waals surface area contributed by atoms with Crippen LogP contribution in [0, 0.1) is 19.7 Å². The SMILES string of the molecule is Cc1ccc(C)n1-c1ccc(OCc2ccc(C(=O)N/N=C/c3cccc(OCC(=O)Nc4ccc(F)cc4)c3)o2)cc1. The number of carbonyl (C=O) groups is 2. The van der Waals surface area contributed by atoms with Gasteiger partial charge in [-0.3, -0.25) is 9.59 Å². The number of amides is 2. The first-order valence-corrected chi connectivity index (χ1v) is 13.4. The van der Waals surface area contributed by atoms with Crippen molar-refractivity contribution in [3.05, 3.63) is 131 Å². The van der Waals surface area contributed by atoms with E-state index in [2.05, 4.69) is 46.4 Å². The van der Waals surface area contributed by atoms with E-state index in [4.69, 9.17) is 13.9 Å². The lowest BCUT2D eigenvalue weighted by molar-refractivity contribution is -0.118. The van der Waals surface area contributed by atoms with Crippen molar-refractivity contribution >= 4 is 23.7 Å². The summed E-state index contributed by atoms with van der Waals surface area (Å²) >= 11 is 0. The van der Waals surface area contributed by atoms with E-state index in [1.54, 1.807) is 36.4 Å². The van der Waals surface area contributed by atoms with E-state index in [-0.39, 0.29) is 24.8 Å². The molecular formula is C33H29FN4O5. The first-order valence-electron chi connectivity index (χ1n) is 13.4. The van der Waals surface area contributed by atoms with Crippen molar-refractivity contribution < 1.29 is 27.9 Å². The third-order valence-electron chi connectivity index (χ3n) is 6.37. The summed E-state index contributed by atoms with van der Waals surface area (Å²) < 4.78 is 32.1. The van der Waals surface area contributed by atoms with Gasteiger partial charge in [-0.05, 0) is 104 Å². The zero-order chi connectivity index (χ0) is 30.2. The Labute approximate surface area is 247 Å². The molecule has 5 aromatic rings. The van der Waals surface area contributed by atoms with Crippen LogP contribution in [0.3, 0.4) is 0 Å². The lowest BCUT2D eigenvalue weighted by atomic mass is 10.2. The Morgan fingerprint density at radius 2 is 1.63 bits per heavy atom. The maximum atomic E-state index is 13.0. The Balaban J connectivity index is 1.08. The summed E-state index contributed by atoms with van der Waals surface area (Å²) in [7, 11) is 0. The zero-order valence-corrected chi connectivity index (χ0v) is 23.5. The predicted octanol–water partition coefficient (Wildman–Crippen LogP) is 6.19. The molecule has 2 aromatic heterocycles. The van der Waals surface area contributed by atoms with Crippen LogP contribution in [-0.4, -0.2) is 29.2 Å². The van der Waals surface area contributed by atoms with Crippen LogP contribution in [0.15, 0.2) is 107 Å². The minimum atomic E-state index is -0.519. The monoisotopic (exact) mass is 580 g/mol. The van der Waals surface area contributed by atoms with Crippen LogP contribution in [-0.2, 0) is 11.4 Å². The van der Waals surface area contributed by atoms with Gasteiger partial charge in [0.25, 0.3) is 5.91 Å². The topological polar surface area (TPSA) is 107 Å². The molecule has 0 bridgehead atoms. The van der Waals surface area contributed by atoms with Gasteiger partial charge in [-0.2, -0.15) is 5.10 Å². The van der Waals surface area contributed by atoms with Crippen LogP contribution < -0.4 is 20.2 Å². The number of hydrazone groups is 1. The molecule has 3 aromatic carbocycles. The smallest absolute Gasteiger partial charge is 0.307 e. The number of nitrogens with one attached hydrogen (secondary N) is 2. The molecule has 0 fully saturated rings. The first-order chi connectivity index (χ1) is 20.8. The second kappa shape index (κ2) is 13.3. The van der Waals surface area contributed by atoms with Gasteiger partial charge in [0, 0.05) is 22.8 Å². The number of halogens is 1. The van der Waals surface area contributed by atoms with Gasteiger partial charge in [0.2, 0.25) is 0 Å². The van der Waals surface area contributed by atoms with Gasteiger partial charge in [-0.15, -0.1) is 0 Å². The molecule has 5 rings (SSSR count). The van der Waals surface area contributed by atoms with Gasteiger partial charge in [-0.1, -0.05) is 12.1 Å². The first kappa shape index (κ1) is 28.9. The van der Waals surface area contributed by atoms with E-state index < -0.39 is 11.8 Å². The third kappa shape index (κ3) is 7.76. The number of anilines is 1. The van der Waals surface area contributed by atoms with Crippen molar-refractivity contribution in [1.82, 2.24) is 9.99 Å². The Morgan fingerprint density at radius 1 is 0.884 bits per heavy atom. The van der Waals surface area contributed by atoms with Crippen molar-refractivity contribution in [1.29, 1.82) is 0 Å². The lowest BCUT2D eigenvalue weighted by Gasteiger charge is -2.10. The molecule has 43 heavy (non-hydrogen) atoms. The van der Waals surface area contributed by atoms with Crippen LogP contribution in [0.25, 0.3) is 5.69 Å². The van der Waals surface area contributed by atoms with Crippen LogP contribution in [0.4, 0.5) is 10.1 Å². The van der Waals surface area contributed by atoms with Crippen molar-refractivity contribution in [2.45, 2.75) is 20.5 Å². The number of rotatable bonds is 11. The molecule has 2 N–H and O–H groups in total. The number of benzene rings is 3. The molecular weight excluding hydrogens is 551 g/mol. The number of hydrogen-bond acceptors (Lipinski definition) is 6. The largest absolute Gasteiger partial charge is 0.486 e. The summed E-state index contributed by atoms with van der Waals surface area (Å²) in [4.78, 5) is 24.6. The summed E-state index contributed by atoms with van der Waals surface area (Å²) in [6.45, 7) is 4.04. The number of nitrogens with zero attached hydrogens (tertiary/aromatic N) is 2. The van der Waals surface area contributed by atoms with E-state index in [9.17, 15) is 14.0 Å². The van der Waals surface area contributed by atoms with Gasteiger partial charge >= 0.3 is 5.91 Å². The highest BCUT2D eigenvalue weighted by Crippen LogP contribution is 2.21. The van der Waals surface area contributed by atoms with Gasteiger partial charge in [0.05, 0.1) is 6.21 Å². The number of ether oxygens (including phenoxy) is 2. The Bertz CT molecular complexity index is 1720. The summed E-state index contributed by atoms with van der Waals surface area (Å²) in [6.07, 6.45) is 1.44. The van der Waals surface area contributed by atoms with Crippen LogP contribution in [0.2, 0.25) is 0 Å². The van der Waals surface area contributed by atoms with Crippen LogP contribution >= 0.6 is 0 Å². The minimum absolute atomic E-state index is 0.0916. The number of furan rings is 1. The number of carbonyl (C=O) groups excluding carboxylic acids is 2. The maximum absolute atomic E-state index is 13.0. The standard InChI is InChI=1S/C33H29FN4O5/c1-22-6-7-23(2)38(22)27-12-14-28(15-13-27)41-20-30-16-17-31(43-30)33(40)37-35-19-24-4-3-5-29(18-24)42-21-32(39)36-26-10-8-25(34)9-11-26/h3-19H,20-21H2,1-2H3,(H,36,39)(H,37,40)/b35-19+. The minimum Gasteiger partial charge on any atom is -0.486 e. The number of aromatic nitrogens is 1. The van der Waals surface area contributed by atoms with Gasteiger partial charge < -0.3 is 23.8 Å². The molecule has 0 radical (unpaired) electrons. The average molecular weight is 581 g/mol. The van der Waals surface area contributed by atoms with Crippen LogP contribution in [0.5, 0.6) is 11.5 Å². The van der Waals surface area contributed by atoms with Crippen LogP contribution in [0.1, 0.15) is 33.3 Å². The molecule has 2 amide bonds. The molecule has 10 heteroatoms. The molecule has 0 aliphatic rings. The Kier molecular flexibility index (Phi) is 8.96. The molecule has 0 saturated carbocycles. The van der Waals surface area contributed by atoms with E-state index in [0.717, 1.165) is 17.1 Å².